The minimum atomic E-state index is -0.541. The number of benzene rings is 1. The number of aliphatic hydroxyl groups is 1. The SMILES string of the molecule is CC(C)(C)OC(=O)NCCC[C@@H](/C=C/CO)NC(=O)OCc1ccccc1. The summed E-state index contributed by atoms with van der Waals surface area (Å²) in [6, 6.07) is 9.09. The standard InChI is InChI=1S/C20H30N2O5/c1-20(2,3)27-18(24)21-13-7-11-17(12-8-14-23)22-19(25)26-15-16-9-5-4-6-10-16/h4-6,8-10,12,17,23H,7,11,13-15H2,1-3H3,(H,21,24)(H,22,25)/b12-8+/t17-/m0/s1. The molecule has 1 atom stereocenters. The molecule has 0 saturated carbocycles. The molecule has 0 aliphatic carbocycles. The Morgan fingerprint density at radius 1 is 1.19 bits per heavy atom. The number of alkyl carbamates (subject to hydrolysis) is 2. The van der Waals surface area contributed by atoms with Crippen LogP contribution in [0.25, 0.3) is 0 Å². The van der Waals surface area contributed by atoms with Crippen molar-refractivity contribution < 1.29 is 24.2 Å². The molecule has 0 aliphatic heterocycles. The van der Waals surface area contributed by atoms with Crippen molar-refractivity contribution in [3.05, 3.63) is 48.0 Å². The highest BCUT2D eigenvalue weighted by Gasteiger charge is 2.16. The summed E-state index contributed by atoms with van der Waals surface area (Å²) in [6.07, 6.45) is 3.46. The summed E-state index contributed by atoms with van der Waals surface area (Å²) < 4.78 is 10.4. The minimum Gasteiger partial charge on any atom is -0.445 e. The van der Waals surface area contributed by atoms with Gasteiger partial charge in [0.25, 0.3) is 0 Å². The molecule has 0 heterocycles. The van der Waals surface area contributed by atoms with E-state index in [0.29, 0.717) is 19.4 Å². The maximum Gasteiger partial charge on any atom is 0.407 e. The molecule has 1 aromatic carbocycles. The van der Waals surface area contributed by atoms with Gasteiger partial charge in [-0.3, -0.25) is 0 Å². The number of carbonyl (C=O) groups is 2. The van der Waals surface area contributed by atoms with Crippen LogP contribution in [-0.4, -0.2) is 42.1 Å². The lowest BCUT2D eigenvalue weighted by molar-refractivity contribution is 0.0526. The molecular weight excluding hydrogens is 348 g/mol. The molecule has 0 radical (unpaired) electrons. The van der Waals surface area contributed by atoms with E-state index in [2.05, 4.69) is 10.6 Å². The Bertz CT molecular complexity index is 596. The molecule has 0 unspecified atom stereocenters. The topological polar surface area (TPSA) is 96.9 Å². The molecule has 0 aromatic heterocycles. The molecule has 150 valence electrons. The normalized spacial score (nSPS) is 12.4. The Balaban J connectivity index is 2.36. The zero-order valence-electron chi connectivity index (χ0n) is 16.2. The second-order valence-electron chi connectivity index (χ2n) is 6.99. The number of nitrogens with one attached hydrogen (secondary N) is 2. The maximum absolute atomic E-state index is 12.0. The lowest BCUT2D eigenvalue weighted by Crippen LogP contribution is -2.36. The first-order valence-corrected chi connectivity index (χ1v) is 9.02. The molecule has 0 aliphatic rings. The van der Waals surface area contributed by atoms with E-state index in [1.54, 1.807) is 32.9 Å². The smallest absolute Gasteiger partial charge is 0.407 e. The van der Waals surface area contributed by atoms with E-state index in [1.807, 2.05) is 30.3 Å². The van der Waals surface area contributed by atoms with Gasteiger partial charge in [-0.1, -0.05) is 42.5 Å². The van der Waals surface area contributed by atoms with Gasteiger partial charge in [0.2, 0.25) is 0 Å². The van der Waals surface area contributed by atoms with Gasteiger partial charge < -0.3 is 25.2 Å². The van der Waals surface area contributed by atoms with Crippen LogP contribution in [0.15, 0.2) is 42.5 Å². The third-order valence-electron chi connectivity index (χ3n) is 3.35. The predicted octanol–water partition coefficient (Wildman–Crippen LogP) is 3.13. The highest BCUT2D eigenvalue weighted by molar-refractivity contribution is 5.68. The van der Waals surface area contributed by atoms with Crippen LogP contribution >= 0.6 is 0 Å². The van der Waals surface area contributed by atoms with Crippen LogP contribution < -0.4 is 10.6 Å². The van der Waals surface area contributed by atoms with Crippen LogP contribution in [0.4, 0.5) is 9.59 Å². The van der Waals surface area contributed by atoms with Crippen LogP contribution in [-0.2, 0) is 16.1 Å². The highest BCUT2D eigenvalue weighted by Crippen LogP contribution is 2.07. The van der Waals surface area contributed by atoms with Gasteiger partial charge in [0, 0.05) is 6.54 Å². The number of aliphatic hydroxyl groups excluding tert-OH is 1. The molecule has 0 bridgehead atoms. The number of rotatable bonds is 9. The average Bonchev–Trinajstić information content (AvgIpc) is 2.60. The molecule has 0 fully saturated rings. The van der Waals surface area contributed by atoms with Crippen molar-refractivity contribution >= 4 is 12.2 Å². The zero-order valence-corrected chi connectivity index (χ0v) is 16.2. The minimum absolute atomic E-state index is 0.118. The van der Waals surface area contributed by atoms with Gasteiger partial charge in [-0.15, -0.1) is 0 Å². The molecular formula is C20H30N2O5. The van der Waals surface area contributed by atoms with Gasteiger partial charge in [-0.2, -0.15) is 0 Å². The monoisotopic (exact) mass is 378 g/mol. The molecule has 3 N–H and O–H groups in total. The average molecular weight is 378 g/mol. The van der Waals surface area contributed by atoms with Crippen LogP contribution in [0, 0.1) is 0 Å². The van der Waals surface area contributed by atoms with E-state index in [1.165, 1.54) is 0 Å². The van der Waals surface area contributed by atoms with Crippen LogP contribution in [0.1, 0.15) is 39.2 Å². The summed E-state index contributed by atoms with van der Waals surface area (Å²) in [5, 5.41) is 14.4. The Labute approximate surface area is 160 Å². The van der Waals surface area contributed by atoms with E-state index in [9.17, 15) is 9.59 Å². The van der Waals surface area contributed by atoms with E-state index < -0.39 is 17.8 Å². The van der Waals surface area contributed by atoms with Crippen molar-refractivity contribution in [1.82, 2.24) is 10.6 Å². The second kappa shape index (κ2) is 12.0. The third kappa shape index (κ3) is 11.6. The summed E-state index contributed by atoms with van der Waals surface area (Å²) in [4.78, 5) is 23.6. The van der Waals surface area contributed by atoms with Crippen LogP contribution in [0.5, 0.6) is 0 Å². The summed E-state index contributed by atoms with van der Waals surface area (Å²) in [5.41, 5.74) is 0.359. The van der Waals surface area contributed by atoms with Gasteiger partial charge in [0.15, 0.2) is 0 Å². The van der Waals surface area contributed by atoms with Crippen molar-refractivity contribution in [2.75, 3.05) is 13.2 Å². The van der Waals surface area contributed by atoms with Crippen LogP contribution in [0.3, 0.4) is 0 Å². The predicted molar refractivity (Wildman–Crippen MR) is 103 cm³/mol. The van der Waals surface area contributed by atoms with Crippen molar-refractivity contribution in [2.45, 2.75) is 51.9 Å². The number of carbonyl (C=O) groups excluding carboxylic acids is 2. The van der Waals surface area contributed by atoms with Crippen molar-refractivity contribution in [3.8, 4) is 0 Å². The van der Waals surface area contributed by atoms with Gasteiger partial charge in [0.05, 0.1) is 12.6 Å². The molecule has 7 heteroatoms. The van der Waals surface area contributed by atoms with Crippen molar-refractivity contribution in [2.24, 2.45) is 0 Å². The zero-order chi connectivity index (χ0) is 20.1. The fraction of sp³-hybridized carbons (Fsp3) is 0.500. The lowest BCUT2D eigenvalue weighted by atomic mass is 10.1. The Morgan fingerprint density at radius 2 is 1.89 bits per heavy atom. The fourth-order valence-corrected chi connectivity index (χ4v) is 2.18. The molecule has 7 nitrogen and oxygen atoms in total. The highest BCUT2D eigenvalue weighted by atomic mass is 16.6. The molecule has 0 spiro atoms. The number of amides is 2. The van der Waals surface area contributed by atoms with Crippen molar-refractivity contribution in [3.63, 3.8) is 0 Å². The fourth-order valence-electron chi connectivity index (χ4n) is 2.18. The molecule has 2 amide bonds. The largest absolute Gasteiger partial charge is 0.445 e. The molecule has 1 aromatic rings. The first-order valence-electron chi connectivity index (χ1n) is 9.02. The Hall–Kier alpha value is -2.54. The number of ether oxygens (including phenoxy) is 2. The first-order chi connectivity index (χ1) is 12.8. The van der Waals surface area contributed by atoms with E-state index in [0.717, 1.165) is 5.56 Å². The van der Waals surface area contributed by atoms with Gasteiger partial charge in [0.1, 0.15) is 12.2 Å². The molecule has 0 saturated heterocycles. The molecule has 27 heavy (non-hydrogen) atoms. The Morgan fingerprint density at radius 3 is 2.52 bits per heavy atom. The molecule has 1 rings (SSSR count). The Kier molecular flexibility index (Phi) is 9.96. The van der Waals surface area contributed by atoms with Crippen LogP contribution in [0.2, 0.25) is 0 Å². The summed E-state index contributed by atoms with van der Waals surface area (Å²) in [7, 11) is 0. The number of hydrogen-bond donors (Lipinski definition) is 3. The van der Waals surface area contributed by atoms with Crippen molar-refractivity contribution in [1.29, 1.82) is 0 Å². The quantitative estimate of drug-likeness (QED) is 0.453. The van der Waals surface area contributed by atoms with E-state index >= 15 is 0 Å². The van der Waals surface area contributed by atoms with Gasteiger partial charge >= 0.3 is 12.2 Å². The summed E-state index contributed by atoms with van der Waals surface area (Å²) in [6.45, 7) is 5.88. The summed E-state index contributed by atoms with van der Waals surface area (Å²) in [5.74, 6) is 0. The summed E-state index contributed by atoms with van der Waals surface area (Å²) >= 11 is 0. The number of hydrogen-bond acceptors (Lipinski definition) is 5. The second-order valence-corrected chi connectivity index (χ2v) is 6.99. The maximum atomic E-state index is 12.0. The first kappa shape index (κ1) is 22.5. The van der Waals surface area contributed by atoms with E-state index in [-0.39, 0.29) is 19.3 Å². The van der Waals surface area contributed by atoms with E-state index in [4.69, 9.17) is 14.6 Å². The van der Waals surface area contributed by atoms with Gasteiger partial charge in [-0.05, 0) is 39.2 Å². The third-order valence-corrected chi connectivity index (χ3v) is 3.35. The lowest BCUT2D eigenvalue weighted by Gasteiger charge is -2.20. The van der Waals surface area contributed by atoms with Gasteiger partial charge in [-0.25, -0.2) is 9.59 Å².